The lowest BCUT2D eigenvalue weighted by Gasteiger charge is -2.00. The molecule has 1 aromatic rings. The first-order valence-electron chi connectivity index (χ1n) is 5.03. The van der Waals surface area contributed by atoms with Crippen molar-refractivity contribution in [2.75, 3.05) is 19.3 Å². The lowest BCUT2D eigenvalue weighted by Crippen LogP contribution is -2.18. The monoisotopic (exact) mass is 224 g/mol. The standard InChI is InChI=1S/C11H16N2OS/c1-12-9-10(14)5-4-8-15-11-6-2-3-7-13-11/h2-3,6-7,12H,4-5,8-9H2,1H3. The fourth-order valence-corrected chi connectivity index (χ4v) is 1.97. The van der Waals surface area contributed by atoms with Gasteiger partial charge >= 0.3 is 0 Å². The van der Waals surface area contributed by atoms with Crippen LogP contribution in [-0.2, 0) is 4.79 Å². The maximum absolute atomic E-state index is 11.2. The molecule has 1 rings (SSSR count). The van der Waals surface area contributed by atoms with Gasteiger partial charge in [-0.15, -0.1) is 11.8 Å². The van der Waals surface area contributed by atoms with E-state index in [1.807, 2.05) is 18.2 Å². The summed E-state index contributed by atoms with van der Waals surface area (Å²) in [4.78, 5) is 15.4. The van der Waals surface area contributed by atoms with E-state index in [9.17, 15) is 4.79 Å². The molecule has 0 spiro atoms. The Balaban J connectivity index is 2.10. The summed E-state index contributed by atoms with van der Waals surface area (Å²) in [5, 5.41) is 3.88. The maximum Gasteiger partial charge on any atom is 0.146 e. The third kappa shape index (κ3) is 5.54. The number of nitrogens with zero attached hydrogens (tertiary/aromatic N) is 1. The number of carbonyl (C=O) groups is 1. The summed E-state index contributed by atoms with van der Waals surface area (Å²) >= 11 is 1.70. The molecule has 82 valence electrons. The number of ketones is 1. The van der Waals surface area contributed by atoms with E-state index in [1.165, 1.54) is 0 Å². The molecule has 0 amide bonds. The van der Waals surface area contributed by atoms with Crippen LogP contribution in [0.2, 0.25) is 0 Å². The number of carbonyl (C=O) groups excluding carboxylic acids is 1. The van der Waals surface area contributed by atoms with Gasteiger partial charge in [0.1, 0.15) is 5.78 Å². The van der Waals surface area contributed by atoms with Gasteiger partial charge < -0.3 is 5.32 Å². The third-order valence-corrected chi connectivity index (χ3v) is 2.89. The van der Waals surface area contributed by atoms with Gasteiger partial charge in [0, 0.05) is 12.6 Å². The van der Waals surface area contributed by atoms with Crippen LogP contribution >= 0.6 is 11.8 Å². The number of aromatic nitrogens is 1. The van der Waals surface area contributed by atoms with Crippen molar-refractivity contribution in [2.24, 2.45) is 0 Å². The SMILES string of the molecule is CNCC(=O)CCCSc1ccccn1. The number of thioether (sulfide) groups is 1. The number of hydrogen-bond acceptors (Lipinski definition) is 4. The Morgan fingerprint density at radius 2 is 2.40 bits per heavy atom. The number of likely N-dealkylation sites (N-methyl/N-ethyl adjacent to an activating group) is 1. The first kappa shape index (κ1) is 12.2. The van der Waals surface area contributed by atoms with Crippen LogP contribution in [0, 0.1) is 0 Å². The molecule has 0 aliphatic heterocycles. The molecule has 0 bridgehead atoms. The zero-order valence-corrected chi connectivity index (χ0v) is 9.72. The smallest absolute Gasteiger partial charge is 0.146 e. The number of pyridine rings is 1. The number of Topliss-reactive ketones (excluding diaryl/α,β-unsaturated/α-hetero) is 1. The summed E-state index contributed by atoms with van der Waals surface area (Å²) in [6.45, 7) is 0.480. The Morgan fingerprint density at radius 1 is 1.53 bits per heavy atom. The van der Waals surface area contributed by atoms with Crippen molar-refractivity contribution >= 4 is 17.5 Å². The lowest BCUT2D eigenvalue weighted by atomic mass is 10.2. The van der Waals surface area contributed by atoms with E-state index in [4.69, 9.17) is 0 Å². The zero-order valence-electron chi connectivity index (χ0n) is 8.90. The third-order valence-electron chi connectivity index (χ3n) is 1.86. The first-order valence-corrected chi connectivity index (χ1v) is 6.01. The molecule has 1 aromatic heterocycles. The molecular weight excluding hydrogens is 208 g/mol. The Labute approximate surface area is 94.7 Å². The van der Waals surface area contributed by atoms with E-state index in [2.05, 4.69) is 10.3 Å². The minimum Gasteiger partial charge on any atom is -0.313 e. The van der Waals surface area contributed by atoms with Crippen LogP contribution in [0.4, 0.5) is 0 Å². The number of rotatable bonds is 7. The minimum absolute atomic E-state index is 0.277. The van der Waals surface area contributed by atoms with Crippen LogP contribution < -0.4 is 5.32 Å². The fraction of sp³-hybridized carbons (Fsp3) is 0.455. The lowest BCUT2D eigenvalue weighted by molar-refractivity contribution is -0.118. The van der Waals surface area contributed by atoms with Crippen molar-refractivity contribution in [1.82, 2.24) is 10.3 Å². The second kappa shape index (κ2) is 7.43. The van der Waals surface area contributed by atoms with E-state index >= 15 is 0 Å². The van der Waals surface area contributed by atoms with Gasteiger partial charge in [-0.1, -0.05) is 6.07 Å². The molecule has 0 radical (unpaired) electrons. The largest absolute Gasteiger partial charge is 0.313 e. The van der Waals surface area contributed by atoms with Gasteiger partial charge in [-0.2, -0.15) is 0 Å². The summed E-state index contributed by atoms with van der Waals surface area (Å²) in [5.41, 5.74) is 0. The van der Waals surface area contributed by atoms with Crippen LogP contribution in [0.5, 0.6) is 0 Å². The van der Waals surface area contributed by atoms with Gasteiger partial charge in [-0.25, -0.2) is 4.98 Å². The highest BCUT2D eigenvalue weighted by molar-refractivity contribution is 7.99. The van der Waals surface area contributed by atoms with Crippen molar-refractivity contribution in [3.63, 3.8) is 0 Å². The second-order valence-electron chi connectivity index (χ2n) is 3.19. The average Bonchev–Trinajstić information content (AvgIpc) is 2.26. The summed E-state index contributed by atoms with van der Waals surface area (Å²) in [6.07, 6.45) is 3.36. The molecule has 4 heteroatoms. The van der Waals surface area contributed by atoms with Crippen LogP contribution in [0.1, 0.15) is 12.8 Å². The van der Waals surface area contributed by atoms with Crippen molar-refractivity contribution < 1.29 is 4.79 Å². The van der Waals surface area contributed by atoms with Crippen molar-refractivity contribution in [1.29, 1.82) is 0 Å². The quantitative estimate of drug-likeness (QED) is 0.566. The summed E-state index contributed by atoms with van der Waals surface area (Å²) < 4.78 is 0. The fourth-order valence-electron chi connectivity index (χ4n) is 1.16. The maximum atomic E-state index is 11.2. The zero-order chi connectivity index (χ0) is 10.9. The molecule has 0 fully saturated rings. The first-order chi connectivity index (χ1) is 7.33. The molecule has 0 saturated carbocycles. The molecule has 0 atom stereocenters. The van der Waals surface area contributed by atoms with Gasteiger partial charge in [0.15, 0.2) is 0 Å². The molecule has 0 unspecified atom stereocenters. The predicted octanol–water partition coefficient (Wildman–Crippen LogP) is 1.74. The van der Waals surface area contributed by atoms with Crippen molar-refractivity contribution in [3.8, 4) is 0 Å². The molecule has 3 nitrogen and oxygen atoms in total. The Hall–Kier alpha value is -0.870. The van der Waals surface area contributed by atoms with Crippen LogP contribution in [-0.4, -0.2) is 30.1 Å². The Bertz CT molecular complexity index is 290. The number of hydrogen-bond donors (Lipinski definition) is 1. The van der Waals surface area contributed by atoms with Gasteiger partial charge in [-0.05, 0) is 31.4 Å². The van der Waals surface area contributed by atoms with Crippen molar-refractivity contribution in [2.45, 2.75) is 17.9 Å². The second-order valence-corrected chi connectivity index (χ2v) is 4.30. The van der Waals surface area contributed by atoms with Gasteiger partial charge in [0.05, 0.1) is 11.6 Å². The highest BCUT2D eigenvalue weighted by atomic mass is 32.2. The highest BCUT2D eigenvalue weighted by Crippen LogP contribution is 2.15. The summed E-state index contributed by atoms with van der Waals surface area (Å²) in [7, 11) is 1.79. The van der Waals surface area contributed by atoms with Gasteiger partial charge in [0.2, 0.25) is 0 Å². The van der Waals surface area contributed by atoms with Crippen LogP contribution in [0.25, 0.3) is 0 Å². The topological polar surface area (TPSA) is 42.0 Å². The van der Waals surface area contributed by atoms with E-state index in [0.29, 0.717) is 13.0 Å². The van der Waals surface area contributed by atoms with Crippen LogP contribution in [0.3, 0.4) is 0 Å². The molecule has 0 saturated heterocycles. The van der Waals surface area contributed by atoms with Crippen molar-refractivity contribution in [3.05, 3.63) is 24.4 Å². The number of nitrogens with one attached hydrogen (secondary N) is 1. The Kier molecular flexibility index (Phi) is 6.04. The van der Waals surface area contributed by atoms with E-state index in [-0.39, 0.29) is 5.78 Å². The molecular formula is C11H16N2OS. The van der Waals surface area contributed by atoms with E-state index in [0.717, 1.165) is 17.2 Å². The van der Waals surface area contributed by atoms with E-state index < -0.39 is 0 Å². The molecule has 0 aliphatic carbocycles. The summed E-state index contributed by atoms with van der Waals surface area (Å²) in [5.74, 6) is 1.23. The highest BCUT2D eigenvalue weighted by Gasteiger charge is 2.00. The van der Waals surface area contributed by atoms with E-state index in [1.54, 1.807) is 25.0 Å². The molecule has 1 N–H and O–H groups in total. The minimum atomic E-state index is 0.277. The van der Waals surface area contributed by atoms with Gasteiger partial charge in [0.25, 0.3) is 0 Å². The summed E-state index contributed by atoms with van der Waals surface area (Å²) in [6, 6.07) is 5.86. The molecule has 0 aliphatic rings. The predicted molar refractivity (Wildman–Crippen MR) is 63.1 cm³/mol. The Morgan fingerprint density at radius 3 is 3.07 bits per heavy atom. The normalized spacial score (nSPS) is 10.2. The average molecular weight is 224 g/mol. The molecule has 0 aromatic carbocycles. The molecule has 15 heavy (non-hydrogen) atoms. The molecule has 1 heterocycles. The van der Waals surface area contributed by atoms with Crippen LogP contribution in [0.15, 0.2) is 29.4 Å². The van der Waals surface area contributed by atoms with Gasteiger partial charge in [-0.3, -0.25) is 4.79 Å².